The van der Waals surface area contributed by atoms with Gasteiger partial charge in [-0.2, -0.15) is 0 Å². The van der Waals surface area contributed by atoms with E-state index >= 15 is 0 Å². The molecule has 7 heteroatoms. The molecule has 1 N–H and O–H groups in total. The predicted molar refractivity (Wildman–Crippen MR) is 84.8 cm³/mol. The molecule has 1 atom stereocenters. The van der Waals surface area contributed by atoms with Crippen LogP contribution in [-0.2, 0) is 9.53 Å². The number of hydrogen-bond donors (Lipinski definition) is 1. The molecule has 23 heavy (non-hydrogen) atoms. The molecule has 0 bridgehead atoms. The molecule has 0 spiro atoms. The number of carbonyl (C=O) groups is 1. The molecule has 1 aliphatic rings. The molecule has 0 aliphatic carbocycles. The highest BCUT2D eigenvalue weighted by Crippen LogP contribution is 2.27. The number of hydrogen-bond acceptors (Lipinski definition) is 5. The van der Waals surface area contributed by atoms with Gasteiger partial charge in [-0.3, -0.25) is 4.79 Å². The minimum atomic E-state index is 0.0363. The Balaban J connectivity index is 1.82. The van der Waals surface area contributed by atoms with Crippen molar-refractivity contribution in [2.75, 3.05) is 26.8 Å². The van der Waals surface area contributed by atoms with Crippen LogP contribution in [0.1, 0.15) is 30.3 Å². The molecule has 1 saturated heterocycles. The standard InChI is InChI=1S/C16H21N5O2/c1-11-19-13(8-14(20-11)16-17-5-6-18-16)12-4-3-7-21(9-12)15(22)10-23-2/h5-6,8,12H,3-4,7,9-10H2,1-2H3,(H,17,18). The zero-order valence-electron chi connectivity index (χ0n) is 13.5. The molecule has 0 radical (unpaired) electrons. The summed E-state index contributed by atoms with van der Waals surface area (Å²) in [5.74, 6) is 1.71. The normalized spacial score (nSPS) is 18.2. The zero-order chi connectivity index (χ0) is 16.2. The van der Waals surface area contributed by atoms with Crippen molar-refractivity contribution in [1.82, 2.24) is 24.8 Å². The fourth-order valence-electron chi connectivity index (χ4n) is 2.99. The molecule has 3 rings (SSSR count). The SMILES string of the molecule is COCC(=O)N1CCCC(c2cc(-c3ncc[nH]3)nc(C)n2)C1. The number of ether oxygens (including phenoxy) is 1. The van der Waals surface area contributed by atoms with Crippen LogP contribution < -0.4 is 0 Å². The molecule has 1 unspecified atom stereocenters. The Morgan fingerprint density at radius 1 is 1.48 bits per heavy atom. The van der Waals surface area contributed by atoms with Crippen molar-refractivity contribution >= 4 is 5.91 Å². The molecule has 1 amide bonds. The second kappa shape index (κ2) is 6.87. The quantitative estimate of drug-likeness (QED) is 0.925. The topological polar surface area (TPSA) is 84.0 Å². The first-order chi connectivity index (χ1) is 11.2. The van der Waals surface area contributed by atoms with Crippen molar-refractivity contribution in [1.29, 1.82) is 0 Å². The number of likely N-dealkylation sites (tertiary alicyclic amines) is 1. The van der Waals surface area contributed by atoms with Gasteiger partial charge in [0.25, 0.3) is 0 Å². The molecular formula is C16H21N5O2. The highest BCUT2D eigenvalue weighted by molar-refractivity contribution is 5.77. The molecule has 1 fully saturated rings. The van der Waals surface area contributed by atoms with Gasteiger partial charge in [-0.25, -0.2) is 15.0 Å². The number of imidazole rings is 1. The monoisotopic (exact) mass is 315 g/mol. The minimum Gasteiger partial charge on any atom is -0.375 e. The maximum atomic E-state index is 12.0. The van der Waals surface area contributed by atoms with Crippen molar-refractivity contribution in [3.8, 4) is 11.5 Å². The van der Waals surface area contributed by atoms with Gasteiger partial charge < -0.3 is 14.6 Å². The van der Waals surface area contributed by atoms with Crippen molar-refractivity contribution in [3.05, 3.63) is 30.0 Å². The zero-order valence-corrected chi connectivity index (χ0v) is 13.5. The van der Waals surface area contributed by atoms with Crippen LogP contribution in [0.2, 0.25) is 0 Å². The van der Waals surface area contributed by atoms with E-state index in [2.05, 4.69) is 19.9 Å². The maximum absolute atomic E-state index is 12.0. The summed E-state index contributed by atoms with van der Waals surface area (Å²) in [5.41, 5.74) is 1.76. The molecule has 122 valence electrons. The van der Waals surface area contributed by atoms with E-state index in [1.54, 1.807) is 19.5 Å². The van der Waals surface area contributed by atoms with Gasteiger partial charge in [-0.15, -0.1) is 0 Å². The largest absolute Gasteiger partial charge is 0.375 e. The van der Waals surface area contributed by atoms with E-state index in [4.69, 9.17) is 4.74 Å². The van der Waals surface area contributed by atoms with E-state index in [0.717, 1.165) is 36.6 Å². The molecule has 2 aromatic rings. The summed E-state index contributed by atoms with van der Waals surface area (Å²) >= 11 is 0. The van der Waals surface area contributed by atoms with Crippen molar-refractivity contribution in [3.63, 3.8) is 0 Å². The maximum Gasteiger partial charge on any atom is 0.248 e. The highest BCUT2D eigenvalue weighted by atomic mass is 16.5. The van der Waals surface area contributed by atoms with Crippen LogP contribution in [0.25, 0.3) is 11.5 Å². The van der Waals surface area contributed by atoms with Gasteiger partial charge in [0, 0.05) is 44.2 Å². The van der Waals surface area contributed by atoms with Crippen molar-refractivity contribution in [2.45, 2.75) is 25.7 Å². The first kappa shape index (κ1) is 15.6. The predicted octanol–water partition coefficient (Wildman–Crippen LogP) is 1.53. The first-order valence-electron chi connectivity index (χ1n) is 7.79. The van der Waals surface area contributed by atoms with Crippen molar-refractivity contribution < 1.29 is 9.53 Å². The molecule has 0 aromatic carbocycles. The molecule has 0 saturated carbocycles. The number of piperidine rings is 1. The Hall–Kier alpha value is -2.28. The second-order valence-corrected chi connectivity index (χ2v) is 5.77. The number of aromatic nitrogens is 4. The molecule has 1 aliphatic heterocycles. The third kappa shape index (κ3) is 3.56. The molecule has 2 aromatic heterocycles. The van der Waals surface area contributed by atoms with Gasteiger partial charge in [-0.1, -0.05) is 0 Å². The van der Waals surface area contributed by atoms with Crippen molar-refractivity contribution in [2.24, 2.45) is 0 Å². The van der Waals surface area contributed by atoms with E-state index < -0.39 is 0 Å². The molecule has 3 heterocycles. The molecule has 7 nitrogen and oxygen atoms in total. The lowest BCUT2D eigenvalue weighted by Gasteiger charge is -2.32. The van der Waals surface area contributed by atoms with Crippen LogP contribution in [0, 0.1) is 6.92 Å². The smallest absolute Gasteiger partial charge is 0.248 e. The molecular weight excluding hydrogens is 294 g/mol. The number of rotatable bonds is 4. The lowest BCUT2D eigenvalue weighted by atomic mass is 9.94. The number of aryl methyl sites for hydroxylation is 1. The van der Waals surface area contributed by atoms with Crippen LogP contribution in [0.3, 0.4) is 0 Å². The van der Waals surface area contributed by atoms with E-state index in [9.17, 15) is 4.79 Å². The number of carbonyl (C=O) groups excluding carboxylic acids is 1. The number of aromatic amines is 1. The summed E-state index contributed by atoms with van der Waals surface area (Å²) in [4.78, 5) is 30.3. The van der Waals surface area contributed by atoms with Gasteiger partial charge in [0.05, 0.1) is 0 Å². The van der Waals surface area contributed by atoms with E-state index in [-0.39, 0.29) is 18.4 Å². The van der Waals surface area contributed by atoms with Gasteiger partial charge >= 0.3 is 0 Å². The fraction of sp³-hybridized carbons (Fsp3) is 0.500. The van der Waals surface area contributed by atoms with Crippen LogP contribution in [0.4, 0.5) is 0 Å². The van der Waals surface area contributed by atoms with Crippen LogP contribution in [0.5, 0.6) is 0 Å². The average Bonchev–Trinajstić information content (AvgIpc) is 3.09. The average molecular weight is 315 g/mol. The van der Waals surface area contributed by atoms with Gasteiger partial charge in [0.2, 0.25) is 5.91 Å². The number of nitrogens with zero attached hydrogens (tertiary/aromatic N) is 4. The summed E-state index contributed by atoms with van der Waals surface area (Å²) < 4.78 is 4.96. The number of amides is 1. The number of nitrogens with one attached hydrogen (secondary N) is 1. The Bertz CT molecular complexity index is 671. The van der Waals surface area contributed by atoms with Gasteiger partial charge in [0.1, 0.15) is 18.1 Å². The summed E-state index contributed by atoms with van der Waals surface area (Å²) in [7, 11) is 1.54. The third-order valence-electron chi connectivity index (χ3n) is 4.06. The third-order valence-corrected chi connectivity index (χ3v) is 4.06. The second-order valence-electron chi connectivity index (χ2n) is 5.77. The van der Waals surface area contributed by atoms with Crippen LogP contribution in [-0.4, -0.2) is 57.5 Å². The van der Waals surface area contributed by atoms with E-state index in [0.29, 0.717) is 12.4 Å². The van der Waals surface area contributed by atoms with Gasteiger partial charge in [-0.05, 0) is 25.8 Å². The summed E-state index contributed by atoms with van der Waals surface area (Å²) in [6, 6.07) is 1.97. The summed E-state index contributed by atoms with van der Waals surface area (Å²) in [5, 5.41) is 0. The van der Waals surface area contributed by atoms with E-state index in [1.165, 1.54) is 0 Å². The Morgan fingerprint density at radius 2 is 2.35 bits per heavy atom. The minimum absolute atomic E-state index is 0.0363. The Kier molecular flexibility index (Phi) is 4.66. The Morgan fingerprint density at radius 3 is 3.09 bits per heavy atom. The summed E-state index contributed by atoms with van der Waals surface area (Å²) in [6.45, 7) is 3.48. The lowest BCUT2D eigenvalue weighted by molar-refractivity contribution is -0.136. The highest BCUT2D eigenvalue weighted by Gasteiger charge is 2.26. The Labute approximate surface area is 135 Å². The number of H-pyrrole nitrogens is 1. The van der Waals surface area contributed by atoms with E-state index in [1.807, 2.05) is 17.9 Å². The van der Waals surface area contributed by atoms with Crippen LogP contribution in [0.15, 0.2) is 18.5 Å². The first-order valence-corrected chi connectivity index (χ1v) is 7.79. The van der Waals surface area contributed by atoms with Crippen LogP contribution >= 0.6 is 0 Å². The summed E-state index contributed by atoms with van der Waals surface area (Å²) in [6.07, 6.45) is 5.47. The van der Waals surface area contributed by atoms with Gasteiger partial charge in [0.15, 0.2) is 5.82 Å². The number of methoxy groups -OCH3 is 1. The lowest BCUT2D eigenvalue weighted by Crippen LogP contribution is -2.41. The fourth-order valence-corrected chi connectivity index (χ4v) is 2.99.